The quantitative estimate of drug-likeness (QED) is 0.421. The molecule has 0 radical (unpaired) electrons. The minimum absolute atomic E-state index is 0.181. The molecule has 8 nitrogen and oxygen atoms in total. The molecule has 2 heterocycles. The first-order valence-corrected chi connectivity index (χ1v) is 11.3. The lowest BCUT2D eigenvalue weighted by Gasteiger charge is -2.33. The molecule has 8 heteroatoms. The Morgan fingerprint density at radius 3 is 2.06 bits per heavy atom. The SMILES string of the molecule is Cc1noc(-c2ccc(Oc3ccc(C(C)(C)c4ccc(OC5CC(N)C5)cc4)cc3)nn2)n1. The molecule has 1 saturated carbocycles. The highest BCUT2D eigenvalue weighted by Crippen LogP contribution is 2.34. The van der Waals surface area contributed by atoms with E-state index < -0.39 is 0 Å². The van der Waals surface area contributed by atoms with Gasteiger partial charge in [0.25, 0.3) is 5.89 Å². The molecular weight excluding hydrogens is 430 g/mol. The summed E-state index contributed by atoms with van der Waals surface area (Å²) in [6, 6.07) is 20.1. The number of aryl methyl sites for hydroxylation is 1. The van der Waals surface area contributed by atoms with Crippen molar-refractivity contribution in [3.05, 3.63) is 77.6 Å². The number of ether oxygens (including phenoxy) is 2. The van der Waals surface area contributed by atoms with Crippen molar-refractivity contribution in [1.29, 1.82) is 0 Å². The maximum atomic E-state index is 5.98. The van der Waals surface area contributed by atoms with Gasteiger partial charge in [0.1, 0.15) is 17.6 Å². The summed E-state index contributed by atoms with van der Waals surface area (Å²) in [4.78, 5) is 4.15. The lowest BCUT2D eigenvalue weighted by Crippen LogP contribution is -2.43. The minimum Gasteiger partial charge on any atom is -0.490 e. The molecule has 0 amide bonds. The Hall–Kier alpha value is -3.78. The molecule has 1 fully saturated rings. The zero-order chi connectivity index (χ0) is 23.7. The Morgan fingerprint density at radius 2 is 1.53 bits per heavy atom. The largest absolute Gasteiger partial charge is 0.490 e. The molecule has 0 bridgehead atoms. The average molecular weight is 458 g/mol. The van der Waals surface area contributed by atoms with Gasteiger partial charge in [0.2, 0.25) is 5.88 Å². The third-order valence-electron chi connectivity index (χ3n) is 6.20. The van der Waals surface area contributed by atoms with Gasteiger partial charge in [0.15, 0.2) is 11.5 Å². The van der Waals surface area contributed by atoms with Crippen LogP contribution in [0.5, 0.6) is 17.4 Å². The van der Waals surface area contributed by atoms with E-state index >= 15 is 0 Å². The first-order chi connectivity index (χ1) is 16.4. The van der Waals surface area contributed by atoms with Gasteiger partial charge in [-0.25, -0.2) is 0 Å². The second kappa shape index (κ2) is 8.87. The summed E-state index contributed by atoms with van der Waals surface area (Å²) in [5, 5.41) is 12.0. The van der Waals surface area contributed by atoms with E-state index in [9.17, 15) is 0 Å². The summed E-state index contributed by atoms with van der Waals surface area (Å²) in [6.45, 7) is 6.15. The van der Waals surface area contributed by atoms with Crippen LogP contribution in [0.3, 0.4) is 0 Å². The highest BCUT2D eigenvalue weighted by molar-refractivity contribution is 5.46. The number of nitrogens with zero attached hydrogens (tertiary/aromatic N) is 4. The third kappa shape index (κ3) is 4.63. The summed E-state index contributed by atoms with van der Waals surface area (Å²) < 4.78 is 16.9. The van der Waals surface area contributed by atoms with Crippen molar-refractivity contribution in [3.8, 4) is 29.0 Å². The van der Waals surface area contributed by atoms with E-state index in [0.29, 0.717) is 29.0 Å². The average Bonchev–Trinajstić information content (AvgIpc) is 3.25. The normalized spacial score (nSPS) is 17.8. The lowest BCUT2D eigenvalue weighted by atomic mass is 9.78. The molecule has 0 spiro atoms. The first-order valence-electron chi connectivity index (χ1n) is 11.3. The Morgan fingerprint density at radius 1 is 0.882 bits per heavy atom. The smallest absolute Gasteiger partial charge is 0.278 e. The van der Waals surface area contributed by atoms with Gasteiger partial charge >= 0.3 is 0 Å². The summed E-state index contributed by atoms with van der Waals surface area (Å²) in [5.74, 6) is 2.83. The highest BCUT2D eigenvalue weighted by Gasteiger charge is 2.28. The maximum absolute atomic E-state index is 5.98. The van der Waals surface area contributed by atoms with Crippen LogP contribution in [0.25, 0.3) is 11.6 Å². The fraction of sp³-hybridized carbons (Fsp3) is 0.308. The van der Waals surface area contributed by atoms with E-state index in [1.54, 1.807) is 19.1 Å². The van der Waals surface area contributed by atoms with Crippen LogP contribution in [-0.4, -0.2) is 32.5 Å². The van der Waals surface area contributed by atoms with Gasteiger partial charge in [-0.05, 0) is 61.2 Å². The highest BCUT2D eigenvalue weighted by atomic mass is 16.5. The maximum Gasteiger partial charge on any atom is 0.278 e. The van der Waals surface area contributed by atoms with Crippen LogP contribution in [0, 0.1) is 6.92 Å². The van der Waals surface area contributed by atoms with E-state index in [0.717, 1.165) is 18.6 Å². The van der Waals surface area contributed by atoms with E-state index in [1.807, 2.05) is 24.3 Å². The standard InChI is InChI=1S/C26H27N5O3/c1-16-28-25(34-31-16)23-12-13-24(30-29-23)33-21-10-6-18(7-11-21)26(2,3)17-4-8-20(9-5-17)32-22-14-19(27)15-22/h4-13,19,22H,14-15,27H2,1-3H3. The monoisotopic (exact) mass is 457 g/mol. The molecule has 2 aromatic heterocycles. The molecule has 0 unspecified atom stereocenters. The topological polar surface area (TPSA) is 109 Å². The van der Waals surface area contributed by atoms with Crippen LogP contribution in [0.4, 0.5) is 0 Å². The predicted molar refractivity (Wildman–Crippen MR) is 127 cm³/mol. The van der Waals surface area contributed by atoms with Gasteiger partial charge in [-0.2, -0.15) is 4.98 Å². The van der Waals surface area contributed by atoms with Gasteiger partial charge in [0.05, 0.1) is 0 Å². The molecule has 34 heavy (non-hydrogen) atoms. The van der Waals surface area contributed by atoms with Crippen molar-refractivity contribution in [2.75, 3.05) is 0 Å². The number of hydrogen-bond donors (Lipinski definition) is 1. The molecule has 4 aromatic rings. The summed E-state index contributed by atoms with van der Waals surface area (Å²) in [5.41, 5.74) is 8.54. The van der Waals surface area contributed by atoms with Gasteiger partial charge < -0.3 is 19.7 Å². The predicted octanol–water partition coefficient (Wildman–Crippen LogP) is 4.82. The number of nitrogens with two attached hydrogens (primary N) is 1. The molecule has 174 valence electrons. The molecular formula is C26H27N5O3. The molecule has 1 aliphatic carbocycles. The lowest BCUT2D eigenvalue weighted by molar-refractivity contribution is 0.101. The van der Waals surface area contributed by atoms with Crippen LogP contribution >= 0.6 is 0 Å². The second-order valence-electron chi connectivity index (χ2n) is 9.15. The second-order valence-corrected chi connectivity index (χ2v) is 9.15. The van der Waals surface area contributed by atoms with Crippen LogP contribution in [0.2, 0.25) is 0 Å². The van der Waals surface area contributed by atoms with Crippen LogP contribution < -0.4 is 15.2 Å². The van der Waals surface area contributed by atoms with Gasteiger partial charge in [-0.1, -0.05) is 43.3 Å². The van der Waals surface area contributed by atoms with Crippen molar-refractivity contribution in [1.82, 2.24) is 20.3 Å². The molecule has 0 atom stereocenters. The van der Waals surface area contributed by atoms with Crippen molar-refractivity contribution < 1.29 is 14.0 Å². The molecule has 2 N–H and O–H groups in total. The van der Waals surface area contributed by atoms with E-state index in [4.69, 9.17) is 19.7 Å². The van der Waals surface area contributed by atoms with E-state index in [1.165, 1.54) is 11.1 Å². The first kappa shape index (κ1) is 22.0. The number of aromatic nitrogens is 4. The zero-order valence-electron chi connectivity index (χ0n) is 19.4. The Labute approximate surface area is 198 Å². The van der Waals surface area contributed by atoms with E-state index in [-0.39, 0.29) is 17.6 Å². The molecule has 5 rings (SSSR count). The van der Waals surface area contributed by atoms with Crippen molar-refractivity contribution >= 4 is 0 Å². The molecule has 1 aliphatic rings. The zero-order valence-corrected chi connectivity index (χ0v) is 19.4. The van der Waals surface area contributed by atoms with E-state index in [2.05, 4.69) is 58.5 Å². The molecule has 0 aliphatic heterocycles. The Balaban J connectivity index is 1.24. The van der Waals surface area contributed by atoms with Crippen molar-refractivity contribution in [2.45, 2.75) is 51.2 Å². The summed E-state index contributed by atoms with van der Waals surface area (Å²) in [6.07, 6.45) is 2.09. The van der Waals surface area contributed by atoms with Crippen molar-refractivity contribution in [3.63, 3.8) is 0 Å². The molecule has 2 aromatic carbocycles. The van der Waals surface area contributed by atoms with Gasteiger partial charge in [0, 0.05) is 17.5 Å². The Bertz CT molecular complexity index is 1250. The fourth-order valence-electron chi connectivity index (χ4n) is 3.96. The summed E-state index contributed by atoms with van der Waals surface area (Å²) in [7, 11) is 0. The Kier molecular flexibility index (Phi) is 5.75. The van der Waals surface area contributed by atoms with Crippen molar-refractivity contribution in [2.24, 2.45) is 5.73 Å². The van der Waals surface area contributed by atoms with Crippen LogP contribution in [-0.2, 0) is 5.41 Å². The number of hydrogen-bond acceptors (Lipinski definition) is 8. The third-order valence-corrected chi connectivity index (χ3v) is 6.20. The van der Waals surface area contributed by atoms with Crippen LogP contribution in [0.15, 0.2) is 65.2 Å². The van der Waals surface area contributed by atoms with Gasteiger partial charge in [-0.3, -0.25) is 0 Å². The summed E-state index contributed by atoms with van der Waals surface area (Å²) >= 11 is 0. The number of rotatable bonds is 7. The molecule has 0 saturated heterocycles. The number of benzene rings is 2. The van der Waals surface area contributed by atoms with Gasteiger partial charge in [-0.15, -0.1) is 10.2 Å². The minimum atomic E-state index is -0.181. The fourth-order valence-corrected chi connectivity index (χ4v) is 3.96. The van der Waals surface area contributed by atoms with Crippen LogP contribution in [0.1, 0.15) is 43.6 Å².